The maximum Gasteiger partial charge on any atom is 0.414 e. The summed E-state index contributed by atoms with van der Waals surface area (Å²) in [6.45, 7) is 6.10. The molecule has 3 N–H and O–H groups in total. The molecule has 1 aromatic heterocycles. The Bertz CT molecular complexity index is 453. The third kappa shape index (κ3) is 3.89. The van der Waals surface area contributed by atoms with Gasteiger partial charge in [0.15, 0.2) is 0 Å². The minimum Gasteiger partial charge on any atom is -0.444 e. The fourth-order valence-corrected chi connectivity index (χ4v) is 1.91. The molecule has 6 nitrogen and oxygen atoms in total. The molecule has 0 unspecified atom stereocenters. The summed E-state index contributed by atoms with van der Waals surface area (Å²) in [4.78, 5) is 19.8. The monoisotopic (exact) mass is 264 g/mol. The van der Waals surface area contributed by atoms with Crippen molar-refractivity contribution < 1.29 is 9.53 Å². The molecular weight excluding hydrogens is 244 g/mol. The van der Waals surface area contributed by atoms with Gasteiger partial charge in [0.05, 0.1) is 0 Å². The highest BCUT2D eigenvalue weighted by Crippen LogP contribution is 2.46. The summed E-state index contributed by atoms with van der Waals surface area (Å²) in [6, 6.07) is 0. The van der Waals surface area contributed by atoms with E-state index in [4.69, 9.17) is 10.5 Å². The molecule has 1 aromatic rings. The van der Waals surface area contributed by atoms with Crippen LogP contribution >= 0.6 is 0 Å². The number of amides is 1. The zero-order valence-corrected chi connectivity index (χ0v) is 11.5. The number of hydrogen-bond donors (Lipinski definition) is 2. The summed E-state index contributed by atoms with van der Waals surface area (Å²) >= 11 is 0. The molecule has 0 spiro atoms. The third-order valence-electron chi connectivity index (χ3n) is 2.94. The Hall–Kier alpha value is -1.69. The zero-order valence-electron chi connectivity index (χ0n) is 11.5. The molecule has 1 aliphatic carbocycles. The van der Waals surface area contributed by atoms with Crippen LogP contribution in [0.15, 0.2) is 12.4 Å². The largest absolute Gasteiger partial charge is 0.444 e. The Morgan fingerprint density at radius 3 is 2.58 bits per heavy atom. The van der Waals surface area contributed by atoms with Gasteiger partial charge in [0.1, 0.15) is 5.60 Å². The first kappa shape index (κ1) is 13.7. The number of carbonyl (C=O) groups excluding carboxylic acids is 1. The lowest BCUT2D eigenvalue weighted by Gasteiger charge is -2.19. The highest BCUT2D eigenvalue weighted by molar-refractivity contribution is 5.82. The van der Waals surface area contributed by atoms with E-state index in [0.29, 0.717) is 18.4 Å². The number of nitrogens with two attached hydrogens (primary N) is 1. The summed E-state index contributed by atoms with van der Waals surface area (Å²) in [5.74, 6) is 1.27. The summed E-state index contributed by atoms with van der Waals surface area (Å²) in [7, 11) is 0. The molecule has 6 heteroatoms. The van der Waals surface area contributed by atoms with Crippen LogP contribution in [0.5, 0.6) is 0 Å². The summed E-state index contributed by atoms with van der Waals surface area (Å²) in [6.07, 6.45) is 4.02. The average Bonchev–Trinajstić information content (AvgIpc) is 3.06. The van der Waals surface area contributed by atoms with Gasteiger partial charge in [-0.15, -0.1) is 0 Å². The van der Waals surface area contributed by atoms with E-state index in [1.807, 2.05) is 0 Å². The topological polar surface area (TPSA) is 90.1 Å². The van der Waals surface area contributed by atoms with Crippen LogP contribution in [0.1, 0.15) is 38.7 Å². The normalized spacial score (nSPS) is 21.9. The van der Waals surface area contributed by atoms with E-state index in [0.717, 1.165) is 12.0 Å². The zero-order chi connectivity index (χ0) is 14.0. The van der Waals surface area contributed by atoms with Gasteiger partial charge in [0.25, 0.3) is 0 Å². The lowest BCUT2D eigenvalue weighted by molar-refractivity contribution is 0.0634. The van der Waals surface area contributed by atoms with Gasteiger partial charge in [0, 0.05) is 12.4 Å². The molecule has 1 saturated carbocycles. The molecule has 2 rings (SSSR count). The van der Waals surface area contributed by atoms with Crippen molar-refractivity contribution in [3.8, 4) is 0 Å². The second-order valence-electron chi connectivity index (χ2n) is 5.80. The van der Waals surface area contributed by atoms with Crippen LogP contribution in [0.2, 0.25) is 0 Å². The average molecular weight is 264 g/mol. The first-order valence-electron chi connectivity index (χ1n) is 6.41. The van der Waals surface area contributed by atoms with Gasteiger partial charge in [-0.05, 0) is 51.1 Å². The number of nitrogens with one attached hydrogen (secondary N) is 1. The quantitative estimate of drug-likeness (QED) is 0.870. The first-order valence-corrected chi connectivity index (χ1v) is 6.41. The molecule has 2 atom stereocenters. The van der Waals surface area contributed by atoms with Crippen LogP contribution in [0, 0.1) is 5.92 Å². The molecule has 1 fully saturated rings. The van der Waals surface area contributed by atoms with E-state index in [1.165, 1.54) is 0 Å². The summed E-state index contributed by atoms with van der Waals surface area (Å²) in [5.41, 5.74) is 6.14. The molecule has 1 heterocycles. The number of ether oxygens (including phenoxy) is 1. The van der Waals surface area contributed by atoms with Crippen molar-refractivity contribution in [2.75, 3.05) is 11.9 Å². The van der Waals surface area contributed by atoms with Crippen molar-refractivity contribution in [3.05, 3.63) is 18.0 Å². The van der Waals surface area contributed by atoms with E-state index in [9.17, 15) is 4.79 Å². The molecule has 0 radical (unpaired) electrons. The van der Waals surface area contributed by atoms with Gasteiger partial charge in [-0.1, -0.05) is 0 Å². The van der Waals surface area contributed by atoms with Crippen LogP contribution in [0.4, 0.5) is 10.7 Å². The SMILES string of the molecule is CC(C)(C)OC(=O)Nc1ncc([C@@H]2C[C@H]2CN)cn1. The van der Waals surface area contributed by atoms with E-state index < -0.39 is 11.7 Å². The Balaban J connectivity index is 1.90. The van der Waals surface area contributed by atoms with Gasteiger partial charge in [-0.3, -0.25) is 5.32 Å². The predicted octanol–water partition coefficient (Wildman–Crippen LogP) is 1.89. The van der Waals surface area contributed by atoms with Gasteiger partial charge < -0.3 is 10.5 Å². The van der Waals surface area contributed by atoms with Gasteiger partial charge in [-0.25, -0.2) is 14.8 Å². The lowest BCUT2D eigenvalue weighted by Crippen LogP contribution is -2.27. The van der Waals surface area contributed by atoms with E-state index in [-0.39, 0.29) is 5.95 Å². The van der Waals surface area contributed by atoms with Gasteiger partial charge in [-0.2, -0.15) is 0 Å². The summed E-state index contributed by atoms with van der Waals surface area (Å²) < 4.78 is 5.12. The molecule has 0 bridgehead atoms. The third-order valence-corrected chi connectivity index (χ3v) is 2.94. The highest BCUT2D eigenvalue weighted by atomic mass is 16.6. The van der Waals surface area contributed by atoms with Crippen molar-refractivity contribution >= 4 is 12.0 Å². The fraction of sp³-hybridized carbons (Fsp3) is 0.615. The van der Waals surface area contributed by atoms with Crippen molar-refractivity contribution in [2.24, 2.45) is 11.7 Å². The molecular formula is C13H20N4O2. The number of anilines is 1. The molecule has 1 aliphatic rings. The molecule has 104 valence electrons. The van der Waals surface area contributed by atoms with Crippen molar-refractivity contribution in [1.82, 2.24) is 9.97 Å². The highest BCUT2D eigenvalue weighted by Gasteiger charge is 2.37. The Morgan fingerprint density at radius 1 is 1.47 bits per heavy atom. The molecule has 0 aliphatic heterocycles. The number of carbonyl (C=O) groups is 1. The van der Waals surface area contributed by atoms with Crippen LogP contribution in [-0.2, 0) is 4.74 Å². The van der Waals surface area contributed by atoms with Crippen LogP contribution in [-0.4, -0.2) is 28.2 Å². The van der Waals surface area contributed by atoms with Crippen molar-refractivity contribution in [2.45, 2.75) is 38.7 Å². The molecule has 1 amide bonds. The van der Waals surface area contributed by atoms with Crippen molar-refractivity contribution in [3.63, 3.8) is 0 Å². The van der Waals surface area contributed by atoms with Gasteiger partial charge in [0.2, 0.25) is 5.95 Å². The number of aromatic nitrogens is 2. The maximum atomic E-state index is 11.5. The number of rotatable bonds is 3. The predicted molar refractivity (Wildman–Crippen MR) is 71.8 cm³/mol. The lowest BCUT2D eigenvalue weighted by atomic mass is 10.2. The number of nitrogens with zero attached hydrogens (tertiary/aromatic N) is 2. The van der Waals surface area contributed by atoms with E-state index in [1.54, 1.807) is 33.2 Å². The maximum absolute atomic E-state index is 11.5. The van der Waals surface area contributed by atoms with Crippen LogP contribution in [0.25, 0.3) is 0 Å². The Labute approximate surface area is 112 Å². The van der Waals surface area contributed by atoms with E-state index in [2.05, 4.69) is 15.3 Å². The fourth-order valence-electron chi connectivity index (χ4n) is 1.91. The second kappa shape index (κ2) is 5.13. The van der Waals surface area contributed by atoms with E-state index >= 15 is 0 Å². The first-order chi connectivity index (χ1) is 8.89. The minimum atomic E-state index is -0.550. The van der Waals surface area contributed by atoms with Crippen LogP contribution in [0.3, 0.4) is 0 Å². The van der Waals surface area contributed by atoms with Crippen LogP contribution < -0.4 is 11.1 Å². The Morgan fingerprint density at radius 2 is 2.11 bits per heavy atom. The smallest absolute Gasteiger partial charge is 0.414 e. The molecule has 0 saturated heterocycles. The molecule has 0 aromatic carbocycles. The standard InChI is InChI=1S/C13H20N4O2/c1-13(2,3)19-12(18)17-11-15-6-9(7-16-11)10-4-8(10)5-14/h6-8,10H,4-5,14H2,1-3H3,(H,15,16,17,18)/t8-,10+/m0/s1. The number of hydrogen-bond acceptors (Lipinski definition) is 5. The summed E-state index contributed by atoms with van der Waals surface area (Å²) in [5, 5.41) is 2.50. The second-order valence-corrected chi connectivity index (χ2v) is 5.80. The van der Waals surface area contributed by atoms with Gasteiger partial charge >= 0.3 is 6.09 Å². The minimum absolute atomic E-state index is 0.253. The molecule has 19 heavy (non-hydrogen) atoms. The van der Waals surface area contributed by atoms with Crippen molar-refractivity contribution in [1.29, 1.82) is 0 Å². The Kier molecular flexibility index (Phi) is 3.71.